The molecule has 0 saturated carbocycles. The average Bonchev–Trinajstić information content (AvgIpc) is 3.23. The van der Waals surface area contributed by atoms with E-state index < -0.39 is 9.84 Å². The number of hydrogen-bond acceptors (Lipinski definition) is 7. The molecule has 1 aliphatic rings. The molecule has 148 valence electrons. The van der Waals surface area contributed by atoms with Crippen LogP contribution in [0.2, 0.25) is 0 Å². The van der Waals surface area contributed by atoms with Gasteiger partial charge >= 0.3 is 0 Å². The lowest BCUT2D eigenvalue weighted by Crippen LogP contribution is -2.20. The Hall–Kier alpha value is -1.48. The second-order valence-corrected chi connectivity index (χ2v) is 11.4. The summed E-state index contributed by atoms with van der Waals surface area (Å²) in [7, 11) is -3.31. The predicted octanol–water partition coefficient (Wildman–Crippen LogP) is 4.46. The number of thiophene rings is 1. The molecule has 1 fully saturated rings. The van der Waals surface area contributed by atoms with Gasteiger partial charge in [-0.25, -0.2) is 18.4 Å². The summed E-state index contributed by atoms with van der Waals surface area (Å²) < 4.78 is 24.4. The Labute approximate surface area is 174 Å². The molecule has 28 heavy (non-hydrogen) atoms. The van der Waals surface area contributed by atoms with Gasteiger partial charge in [-0.05, 0) is 57.5 Å². The van der Waals surface area contributed by atoms with Gasteiger partial charge < -0.3 is 0 Å². The second-order valence-electron chi connectivity index (χ2n) is 7.21. The first-order valence-corrected chi connectivity index (χ1v) is 12.8. The predicted molar refractivity (Wildman–Crippen MR) is 115 cm³/mol. The van der Waals surface area contributed by atoms with Crippen LogP contribution in [0.4, 0.5) is 0 Å². The lowest BCUT2D eigenvalue weighted by molar-refractivity contribution is 0.322. The van der Waals surface area contributed by atoms with Crippen LogP contribution >= 0.6 is 23.1 Å². The van der Waals surface area contributed by atoms with Crippen molar-refractivity contribution in [1.29, 1.82) is 0 Å². The molecule has 0 N–H and O–H groups in total. The van der Waals surface area contributed by atoms with Gasteiger partial charge in [-0.2, -0.15) is 0 Å². The molecule has 0 atom stereocenters. The van der Waals surface area contributed by atoms with Crippen LogP contribution in [0.15, 0.2) is 39.1 Å². The average molecular weight is 434 g/mol. The summed E-state index contributed by atoms with van der Waals surface area (Å²) in [6.45, 7) is 7.10. The Morgan fingerprint density at radius 1 is 1.14 bits per heavy atom. The second kappa shape index (κ2) is 7.74. The Morgan fingerprint density at radius 2 is 1.86 bits per heavy atom. The van der Waals surface area contributed by atoms with Crippen LogP contribution in [0.1, 0.15) is 29.1 Å². The number of rotatable bonds is 5. The Kier molecular flexibility index (Phi) is 5.48. The molecule has 3 aromatic rings. The zero-order chi connectivity index (χ0) is 19.9. The highest BCUT2D eigenvalue weighted by Crippen LogP contribution is 2.40. The van der Waals surface area contributed by atoms with E-state index >= 15 is 0 Å². The first kappa shape index (κ1) is 19.8. The van der Waals surface area contributed by atoms with Crippen molar-refractivity contribution in [3.63, 3.8) is 0 Å². The highest BCUT2D eigenvalue weighted by atomic mass is 32.2. The summed E-state index contributed by atoms with van der Waals surface area (Å²) in [6.07, 6.45) is 3.70. The standard InChI is InChI=1S/C20H23N3O2S3/c1-13-14(2)26-19-18(13)20(22-17(21-19)12-23-10-6-7-11-23)27-15-8-4-5-9-16(15)28(3,24)25/h4-5,8-9H,6-7,10-12H2,1-3H3. The molecular weight excluding hydrogens is 410 g/mol. The number of aromatic nitrogens is 2. The molecular formula is C20H23N3O2S3. The summed E-state index contributed by atoms with van der Waals surface area (Å²) in [6, 6.07) is 7.14. The van der Waals surface area contributed by atoms with Crippen molar-refractivity contribution >= 4 is 43.2 Å². The Balaban J connectivity index is 1.81. The van der Waals surface area contributed by atoms with E-state index in [1.165, 1.54) is 41.3 Å². The minimum atomic E-state index is -3.31. The monoisotopic (exact) mass is 433 g/mol. The van der Waals surface area contributed by atoms with E-state index in [0.29, 0.717) is 9.79 Å². The first-order chi connectivity index (χ1) is 13.3. The number of sulfone groups is 1. The van der Waals surface area contributed by atoms with Gasteiger partial charge in [0.1, 0.15) is 15.7 Å². The van der Waals surface area contributed by atoms with Gasteiger partial charge in [-0.1, -0.05) is 23.9 Å². The lowest BCUT2D eigenvalue weighted by atomic mass is 10.2. The van der Waals surface area contributed by atoms with Crippen LogP contribution in [0.25, 0.3) is 10.2 Å². The maximum atomic E-state index is 12.2. The molecule has 3 heterocycles. The number of hydrogen-bond donors (Lipinski definition) is 0. The zero-order valence-corrected chi connectivity index (χ0v) is 18.7. The van der Waals surface area contributed by atoms with E-state index in [1.54, 1.807) is 23.5 Å². The van der Waals surface area contributed by atoms with Gasteiger partial charge in [-0.3, -0.25) is 4.90 Å². The highest BCUT2D eigenvalue weighted by Gasteiger charge is 2.21. The molecule has 1 saturated heterocycles. The van der Waals surface area contributed by atoms with Crippen LogP contribution in [0, 0.1) is 13.8 Å². The maximum absolute atomic E-state index is 12.2. The summed E-state index contributed by atoms with van der Waals surface area (Å²) in [5.41, 5.74) is 1.17. The molecule has 5 nitrogen and oxygen atoms in total. The van der Waals surface area contributed by atoms with Gasteiger partial charge in [-0.15, -0.1) is 11.3 Å². The molecule has 4 rings (SSSR count). The van der Waals surface area contributed by atoms with Crippen molar-refractivity contribution in [1.82, 2.24) is 14.9 Å². The van der Waals surface area contributed by atoms with E-state index in [0.717, 1.165) is 40.7 Å². The minimum absolute atomic E-state index is 0.345. The van der Waals surface area contributed by atoms with E-state index in [4.69, 9.17) is 9.97 Å². The van der Waals surface area contributed by atoms with Gasteiger partial charge in [0.05, 0.1) is 11.4 Å². The number of likely N-dealkylation sites (tertiary alicyclic amines) is 1. The highest BCUT2D eigenvalue weighted by molar-refractivity contribution is 8.00. The van der Waals surface area contributed by atoms with Gasteiger partial charge in [0.25, 0.3) is 0 Å². The van der Waals surface area contributed by atoms with E-state index in [2.05, 4.69) is 18.7 Å². The summed E-state index contributed by atoms with van der Waals surface area (Å²) in [5, 5.41) is 1.89. The van der Waals surface area contributed by atoms with Crippen molar-refractivity contribution in [2.24, 2.45) is 0 Å². The fraction of sp³-hybridized carbons (Fsp3) is 0.400. The van der Waals surface area contributed by atoms with E-state index in [1.807, 2.05) is 12.1 Å². The number of fused-ring (bicyclic) bond motifs is 1. The third-order valence-corrected chi connectivity index (χ3v) is 8.51. The van der Waals surface area contributed by atoms with Gasteiger partial charge in [0.2, 0.25) is 0 Å². The summed E-state index contributed by atoms with van der Waals surface area (Å²) in [4.78, 5) is 15.4. The molecule has 0 radical (unpaired) electrons. The SMILES string of the molecule is Cc1sc2nc(CN3CCCC3)nc(Sc3ccccc3S(C)(=O)=O)c2c1C. The zero-order valence-electron chi connectivity index (χ0n) is 16.2. The number of nitrogens with zero attached hydrogens (tertiary/aromatic N) is 3. The largest absolute Gasteiger partial charge is 0.296 e. The molecule has 1 aromatic carbocycles. The quantitative estimate of drug-likeness (QED) is 0.554. The van der Waals surface area contributed by atoms with Crippen LogP contribution < -0.4 is 0 Å². The van der Waals surface area contributed by atoms with Crippen molar-refractivity contribution in [2.45, 2.75) is 48.1 Å². The van der Waals surface area contributed by atoms with Gasteiger partial charge in [0, 0.05) is 21.4 Å². The molecule has 2 aromatic heterocycles. The van der Waals surface area contributed by atoms with Crippen molar-refractivity contribution < 1.29 is 8.42 Å². The van der Waals surface area contributed by atoms with Crippen molar-refractivity contribution in [2.75, 3.05) is 19.3 Å². The van der Waals surface area contributed by atoms with E-state index in [-0.39, 0.29) is 0 Å². The normalized spacial score (nSPS) is 15.5. The topological polar surface area (TPSA) is 63.2 Å². The fourth-order valence-electron chi connectivity index (χ4n) is 3.49. The molecule has 0 bridgehead atoms. The minimum Gasteiger partial charge on any atom is -0.296 e. The van der Waals surface area contributed by atoms with Crippen LogP contribution in [-0.2, 0) is 16.4 Å². The Bertz CT molecular complexity index is 1130. The van der Waals surface area contributed by atoms with Crippen LogP contribution in [0.5, 0.6) is 0 Å². The maximum Gasteiger partial charge on any atom is 0.176 e. The molecule has 0 amide bonds. The summed E-state index contributed by atoms with van der Waals surface area (Å²) in [5.74, 6) is 0.815. The number of benzene rings is 1. The van der Waals surface area contributed by atoms with Crippen molar-refractivity contribution in [3.05, 3.63) is 40.5 Å². The van der Waals surface area contributed by atoms with E-state index in [9.17, 15) is 8.42 Å². The van der Waals surface area contributed by atoms with Gasteiger partial charge in [0.15, 0.2) is 9.84 Å². The molecule has 1 aliphatic heterocycles. The molecule has 0 spiro atoms. The third kappa shape index (κ3) is 3.96. The lowest BCUT2D eigenvalue weighted by Gasteiger charge is -2.14. The third-order valence-electron chi connectivity index (χ3n) is 5.06. The number of aryl methyl sites for hydroxylation is 2. The molecule has 8 heteroatoms. The van der Waals surface area contributed by atoms with Crippen LogP contribution in [-0.4, -0.2) is 42.6 Å². The first-order valence-electron chi connectivity index (χ1n) is 9.29. The fourth-order valence-corrected chi connectivity index (χ4v) is 6.96. The molecule has 0 aliphatic carbocycles. The summed E-state index contributed by atoms with van der Waals surface area (Å²) >= 11 is 3.11. The van der Waals surface area contributed by atoms with Crippen molar-refractivity contribution in [3.8, 4) is 0 Å². The molecule has 0 unspecified atom stereocenters. The smallest absolute Gasteiger partial charge is 0.176 e. The Morgan fingerprint density at radius 3 is 2.57 bits per heavy atom. The van der Waals surface area contributed by atoms with Crippen LogP contribution in [0.3, 0.4) is 0 Å².